The van der Waals surface area contributed by atoms with Gasteiger partial charge in [0.15, 0.2) is 9.84 Å². The fourth-order valence-electron chi connectivity index (χ4n) is 2.28. The summed E-state index contributed by atoms with van der Waals surface area (Å²) in [4.78, 5) is 12.5. The van der Waals surface area contributed by atoms with Gasteiger partial charge in [0.1, 0.15) is 0 Å². The van der Waals surface area contributed by atoms with Gasteiger partial charge in [0.05, 0.1) is 33.9 Å². The largest absolute Gasteiger partial charge is 0.345 e. The number of rotatable bonds is 5. The van der Waals surface area contributed by atoms with Crippen LogP contribution in [0.1, 0.15) is 41.4 Å². The molecule has 0 bridgehead atoms. The van der Waals surface area contributed by atoms with Gasteiger partial charge in [-0.05, 0) is 36.8 Å². The zero-order valence-electron chi connectivity index (χ0n) is 13.5. The number of hydrogen-bond acceptors (Lipinski definition) is 4. The van der Waals surface area contributed by atoms with E-state index in [0.717, 1.165) is 5.56 Å². The molecule has 0 radical (unpaired) electrons. The average Bonchev–Trinajstić information content (AvgIpc) is 2.61. The van der Waals surface area contributed by atoms with E-state index in [0.29, 0.717) is 5.56 Å². The summed E-state index contributed by atoms with van der Waals surface area (Å²) in [5.74, 6) is -0.512. The lowest BCUT2D eigenvalue weighted by atomic mass is 10.1. The average molecular weight is 342 g/mol. The van der Waals surface area contributed by atoms with Gasteiger partial charge < -0.3 is 5.32 Å². The molecule has 0 aliphatic heterocycles. The Morgan fingerprint density at radius 1 is 1.17 bits per heavy atom. The van der Waals surface area contributed by atoms with Crippen molar-refractivity contribution in [2.75, 3.05) is 5.75 Å². The minimum Gasteiger partial charge on any atom is -0.345 e. The van der Waals surface area contributed by atoms with Gasteiger partial charge >= 0.3 is 0 Å². The lowest BCUT2D eigenvalue weighted by Gasteiger charge is -2.16. The molecule has 0 aliphatic rings. The molecule has 1 amide bonds. The molecule has 0 aromatic heterocycles. The van der Waals surface area contributed by atoms with Crippen LogP contribution in [-0.4, -0.2) is 20.1 Å². The van der Waals surface area contributed by atoms with E-state index in [1.807, 2.05) is 6.07 Å². The molecule has 124 valence electrons. The van der Waals surface area contributed by atoms with Crippen molar-refractivity contribution < 1.29 is 13.2 Å². The second-order valence-electron chi connectivity index (χ2n) is 5.33. The Kier molecular flexibility index (Phi) is 5.37. The fraction of sp³-hybridized carbons (Fsp3) is 0.222. The molecular formula is C18H18N2O3S. The number of nitriles is 1. The molecule has 5 nitrogen and oxygen atoms in total. The van der Waals surface area contributed by atoms with Gasteiger partial charge in [-0.3, -0.25) is 4.79 Å². The van der Waals surface area contributed by atoms with Crippen LogP contribution in [0.15, 0.2) is 53.4 Å². The number of nitrogens with one attached hydrogen (secondary N) is 1. The van der Waals surface area contributed by atoms with Crippen LogP contribution in [0.4, 0.5) is 0 Å². The van der Waals surface area contributed by atoms with Crippen molar-refractivity contribution in [2.24, 2.45) is 0 Å². The van der Waals surface area contributed by atoms with E-state index in [9.17, 15) is 13.2 Å². The summed E-state index contributed by atoms with van der Waals surface area (Å²) in [6.07, 6.45) is 0. The van der Waals surface area contributed by atoms with E-state index in [2.05, 4.69) is 5.32 Å². The van der Waals surface area contributed by atoms with Crippen LogP contribution in [0.3, 0.4) is 0 Å². The van der Waals surface area contributed by atoms with Gasteiger partial charge in [0, 0.05) is 0 Å². The highest BCUT2D eigenvalue weighted by atomic mass is 32.2. The van der Waals surface area contributed by atoms with Crippen molar-refractivity contribution in [2.45, 2.75) is 24.8 Å². The van der Waals surface area contributed by atoms with Crippen molar-refractivity contribution in [3.05, 3.63) is 65.2 Å². The number of nitrogens with zero attached hydrogens (tertiary/aromatic N) is 1. The summed E-state index contributed by atoms with van der Waals surface area (Å²) < 4.78 is 24.3. The third kappa shape index (κ3) is 3.81. The number of amides is 1. The van der Waals surface area contributed by atoms with E-state index in [4.69, 9.17) is 5.26 Å². The molecule has 1 N–H and O–H groups in total. The SMILES string of the molecule is CCS(=O)(=O)c1ccccc1C(=O)NC(C)c1ccc(C#N)cc1. The summed E-state index contributed by atoms with van der Waals surface area (Å²) in [7, 11) is -3.48. The second-order valence-corrected chi connectivity index (χ2v) is 7.58. The molecule has 2 aromatic carbocycles. The number of benzene rings is 2. The van der Waals surface area contributed by atoms with Crippen LogP contribution in [0, 0.1) is 11.3 Å². The van der Waals surface area contributed by atoms with Crippen molar-refractivity contribution >= 4 is 15.7 Å². The first-order valence-corrected chi connectivity index (χ1v) is 9.17. The van der Waals surface area contributed by atoms with E-state index < -0.39 is 15.7 Å². The number of carbonyl (C=O) groups is 1. The van der Waals surface area contributed by atoms with E-state index in [-0.39, 0.29) is 22.3 Å². The zero-order valence-corrected chi connectivity index (χ0v) is 14.3. The topological polar surface area (TPSA) is 87.0 Å². The third-order valence-electron chi connectivity index (χ3n) is 3.73. The number of carbonyl (C=O) groups excluding carboxylic acids is 1. The maximum Gasteiger partial charge on any atom is 0.253 e. The van der Waals surface area contributed by atoms with Crippen LogP contribution in [0.5, 0.6) is 0 Å². The van der Waals surface area contributed by atoms with Gasteiger partial charge in [0.2, 0.25) is 0 Å². The summed E-state index contributed by atoms with van der Waals surface area (Å²) in [5.41, 5.74) is 1.51. The van der Waals surface area contributed by atoms with Crippen LogP contribution in [0.25, 0.3) is 0 Å². The van der Waals surface area contributed by atoms with Crippen LogP contribution in [-0.2, 0) is 9.84 Å². The fourth-order valence-corrected chi connectivity index (χ4v) is 3.38. The summed E-state index contributed by atoms with van der Waals surface area (Å²) in [6, 6.07) is 14.8. The van der Waals surface area contributed by atoms with Gasteiger partial charge in [-0.1, -0.05) is 31.2 Å². The Balaban J connectivity index is 2.25. The molecule has 0 spiro atoms. The summed E-state index contributed by atoms with van der Waals surface area (Å²) in [5, 5.41) is 11.6. The first-order valence-electron chi connectivity index (χ1n) is 7.51. The molecule has 1 atom stereocenters. The minimum atomic E-state index is -3.48. The molecule has 6 heteroatoms. The molecule has 0 saturated carbocycles. The summed E-state index contributed by atoms with van der Waals surface area (Å²) >= 11 is 0. The Labute approximate surface area is 141 Å². The maximum absolute atomic E-state index is 12.5. The Morgan fingerprint density at radius 3 is 2.38 bits per heavy atom. The first-order chi connectivity index (χ1) is 11.4. The lowest BCUT2D eigenvalue weighted by Crippen LogP contribution is -2.28. The van der Waals surface area contributed by atoms with Crippen molar-refractivity contribution in [1.82, 2.24) is 5.32 Å². The third-order valence-corrected chi connectivity index (χ3v) is 5.52. The highest BCUT2D eigenvalue weighted by Crippen LogP contribution is 2.19. The standard InChI is InChI=1S/C18H18N2O3S/c1-3-24(22,23)17-7-5-4-6-16(17)18(21)20-13(2)15-10-8-14(12-19)9-11-15/h4-11,13H,3H2,1-2H3,(H,20,21). The van der Waals surface area contributed by atoms with Crippen molar-refractivity contribution in [1.29, 1.82) is 5.26 Å². The van der Waals surface area contributed by atoms with Crippen LogP contribution < -0.4 is 5.32 Å². The first kappa shape index (κ1) is 17.7. The van der Waals surface area contributed by atoms with E-state index in [1.165, 1.54) is 12.1 Å². The molecule has 24 heavy (non-hydrogen) atoms. The molecule has 0 saturated heterocycles. The van der Waals surface area contributed by atoms with Gasteiger partial charge in [0.25, 0.3) is 5.91 Å². The zero-order chi connectivity index (χ0) is 17.7. The Bertz CT molecular complexity index is 881. The highest BCUT2D eigenvalue weighted by molar-refractivity contribution is 7.91. The lowest BCUT2D eigenvalue weighted by molar-refractivity contribution is 0.0936. The summed E-state index contributed by atoms with van der Waals surface area (Å²) in [6.45, 7) is 3.35. The van der Waals surface area contributed by atoms with Crippen molar-refractivity contribution in [3.63, 3.8) is 0 Å². The van der Waals surface area contributed by atoms with Crippen molar-refractivity contribution in [3.8, 4) is 6.07 Å². The molecule has 1 unspecified atom stereocenters. The highest BCUT2D eigenvalue weighted by Gasteiger charge is 2.21. The van der Waals surface area contributed by atoms with Gasteiger partial charge in [-0.2, -0.15) is 5.26 Å². The number of hydrogen-bond donors (Lipinski definition) is 1. The number of sulfone groups is 1. The van der Waals surface area contributed by atoms with E-state index in [1.54, 1.807) is 50.2 Å². The van der Waals surface area contributed by atoms with Gasteiger partial charge in [-0.25, -0.2) is 8.42 Å². The van der Waals surface area contributed by atoms with Gasteiger partial charge in [-0.15, -0.1) is 0 Å². The molecule has 2 rings (SSSR count). The maximum atomic E-state index is 12.5. The van der Waals surface area contributed by atoms with Crippen LogP contribution in [0.2, 0.25) is 0 Å². The molecule has 0 fully saturated rings. The monoisotopic (exact) mass is 342 g/mol. The Morgan fingerprint density at radius 2 is 1.79 bits per heavy atom. The van der Waals surface area contributed by atoms with Crippen LogP contribution >= 0.6 is 0 Å². The van der Waals surface area contributed by atoms with E-state index >= 15 is 0 Å². The molecule has 0 aliphatic carbocycles. The second kappa shape index (κ2) is 7.28. The molecule has 0 heterocycles. The molecule has 2 aromatic rings. The predicted molar refractivity (Wildman–Crippen MR) is 91.2 cm³/mol. The normalized spacial score (nSPS) is 12.2. The minimum absolute atomic E-state index is 0.0389. The molecular weight excluding hydrogens is 324 g/mol. The predicted octanol–water partition coefficient (Wildman–Crippen LogP) is 2.84. The quantitative estimate of drug-likeness (QED) is 0.905. The smallest absolute Gasteiger partial charge is 0.253 e. The Hall–Kier alpha value is -2.65.